The van der Waals surface area contributed by atoms with Crippen LogP contribution in [0.25, 0.3) is 11.1 Å². The molecule has 8 amide bonds. The lowest BCUT2D eigenvalue weighted by atomic mass is 9.95. The van der Waals surface area contributed by atoms with Crippen LogP contribution in [0.1, 0.15) is 88.6 Å². The Bertz CT molecular complexity index is 2890. The molecular weight excluding hydrogens is 995 g/mol. The molecule has 0 spiro atoms. The van der Waals surface area contributed by atoms with Crippen molar-refractivity contribution in [3.63, 3.8) is 0 Å². The van der Waals surface area contributed by atoms with Gasteiger partial charge in [-0.05, 0) is 84.7 Å². The van der Waals surface area contributed by atoms with E-state index in [1.54, 1.807) is 35.5 Å². The van der Waals surface area contributed by atoms with Crippen molar-refractivity contribution in [3.05, 3.63) is 106 Å². The van der Waals surface area contributed by atoms with Gasteiger partial charge >= 0.3 is 12.2 Å². The number of carbonyl (C=O) groups is 7. The maximum absolute atomic E-state index is 15.6. The first kappa shape index (κ1) is 52.5. The number of aliphatic hydroxyl groups is 1. The van der Waals surface area contributed by atoms with E-state index in [0.717, 1.165) is 49.4 Å². The molecule has 1 unspecified atom stereocenters. The Labute approximate surface area is 426 Å². The van der Waals surface area contributed by atoms with Crippen LogP contribution in [0.4, 0.5) is 36.8 Å². The number of carbonyl (C=O) groups excluding carboxylic acids is 7. The highest BCUT2D eigenvalue weighted by Gasteiger charge is 2.46. The predicted molar refractivity (Wildman–Crippen MR) is 255 cm³/mol. The van der Waals surface area contributed by atoms with Gasteiger partial charge in [-0.1, -0.05) is 24.3 Å². The quantitative estimate of drug-likeness (QED) is 0.0900. The number of rotatable bonds is 14. The van der Waals surface area contributed by atoms with Gasteiger partial charge < -0.3 is 25.1 Å². The van der Waals surface area contributed by atoms with Crippen molar-refractivity contribution >= 4 is 47.2 Å². The number of urea groups is 1. The summed E-state index contributed by atoms with van der Waals surface area (Å²) in [7, 11) is 0. The number of aromatic nitrogens is 2. The number of hydrogen-bond acceptors (Lipinski definition) is 11. The molecule has 0 radical (unpaired) electrons. The Kier molecular flexibility index (Phi) is 15.0. The molecule has 9 rings (SSSR count). The van der Waals surface area contributed by atoms with E-state index in [9.17, 15) is 56.2 Å². The third-order valence-corrected chi connectivity index (χ3v) is 14.8. The van der Waals surface area contributed by atoms with Crippen LogP contribution in [0.2, 0.25) is 0 Å². The van der Waals surface area contributed by atoms with Crippen molar-refractivity contribution in [3.8, 4) is 11.1 Å². The first-order valence-electron chi connectivity index (χ1n) is 24.6. The molecule has 3 saturated heterocycles. The van der Waals surface area contributed by atoms with Gasteiger partial charge in [0, 0.05) is 77.0 Å². The number of fused-ring (bicyclic) bond motifs is 2. The van der Waals surface area contributed by atoms with Crippen LogP contribution in [0.15, 0.2) is 67.0 Å². The van der Waals surface area contributed by atoms with E-state index in [1.807, 2.05) is 4.90 Å². The van der Waals surface area contributed by atoms with E-state index in [2.05, 4.69) is 20.6 Å². The third kappa shape index (κ3) is 11.2. The van der Waals surface area contributed by atoms with E-state index in [4.69, 9.17) is 0 Å². The van der Waals surface area contributed by atoms with E-state index in [-0.39, 0.29) is 59.7 Å². The van der Waals surface area contributed by atoms with E-state index in [1.165, 1.54) is 22.9 Å². The van der Waals surface area contributed by atoms with Gasteiger partial charge in [-0.15, -0.1) is 0 Å². The number of likely N-dealkylation sites (tertiary alicyclic amines) is 1. The van der Waals surface area contributed by atoms with Gasteiger partial charge in [-0.25, -0.2) is 18.0 Å². The molecule has 75 heavy (non-hydrogen) atoms. The minimum atomic E-state index is -4.84. The summed E-state index contributed by atoms with van der Waals surface area (Å²) >= 11 is 0. The van der Waals surface area contributed by atoms with Gasteiger partial charge in [0.15, 0.2) is 0 Å². The number of piperidine rings is 2. The molecule has 1 aromatic heterocycles. The van der Waals surface area contributed by atoms with Crippen LogP contribution in [-0.4, -0.2) is 158 Å². The molecule has 4 aromatic rings. The maximum Gasteiger partial charge on any atom is 0.408 e. The first-order valence-corrected chi connectivity index (χ1v) is 24.6. The number of anilines is 1. The van der Waals surface area contributed by atoms with Crippen molar-refractivity contribution < 1.29 is 65.0 Å². The molecule has 398 valence electrons. The fourth-order valence-electron chi connectivity index (χ4n) is 10.5. The minimum Gasteiger partial charge on any atom is -0.376 e. The van der Waals surface area contributed by atoms with Crippen molar-refractivity contribution in [1.29, 1.82) is 0 Å². The Hall–Kier alpha value is -7.34. The molecule has 3 aromatic carbocycles. The predicted octanol–water partition coefficient (Wildman–Crippen LogP) is 4.69. The lowest BCUT2D eigenvalue weighted by molar-refractivity contribution is -0.187. The number of hydrogen-bond donors (Lipinski definition) is 3. The largest absolute Gasteiger partial charge is 0.408 e. The van der Waals surface area contributed by atoms with Crippen molar-refractivity contribution in [2.24, 2.45) is 5.92 Å². The summed E-state index contributed by atoms with van der Waals surface area (Å²) in [6, 6.07) is 6.52. The average Bonchev–Trinajstić information content (AvgIpc) is 4.05. The first-order chi connectivity index (χ1) is 35.8. The highest BCUT2D eigenvalue weighted by atomic mass is 19.4. The fourth-order valence-corrected chi connectivity index (χ4v) is 10.5. The lowest BCUT2D eigenvalue weighted by Crippen LogP contribution is -2.54. The zero-order valence-corrected chi connectivity index (χ0v) is 40.7. The monoisotopic (exact) mass is 1050 g/mol. The number of nitrogens with zero attached hydrogens (tertiary/aromatic N) is 8. The second kappa shape index (κ2) is 21.5. The van der Waals surface area contributed by atoms with Gasteiger partial charge in [0.25, 0.3) is 11.8 Å². The topological polar surface area (TPSA) is 201 Å². The Morgan fingerprint density at radius 2 is 1.57 bits per heavy atom. The third-order valence-electron chi connectivity index (χ3n) is 14.8. The standard InChI is InChI=1S/C51H54F6N10O8/c1-29(51(55,56)57)66(24-30-2-5-34(52)6-3-30)46(71)26-64(28-68)50(75)59-41-21-39(53)36-18-32(4-7-35(36)41)33-22-58-65(25-33)27-45(70)63-12-10-31(11-13-63)23-61-14-16-62(17-15-61)43-20-38-37(19-40(43)54)48(73)67(49(38)74)42-8-9-44(69)60-47(42)72/h2-7,18-20,22,25,29,31,39,41-42,68H,8-17,21,23-24,26-28H2,1H3,(H,59,75)(H,60,69,72)/t29-,39+,41-,42?/m0/s1. The zero-order chi connectivity index (χ0) is 53.5. The fraction of sp³-hybridized carbons (Fsp3) is 0.451. The number of nitrogens with one attached hydrogen (secondary N) is 2. The molecule has 1 aliphatic carbocycles. The Morgan fingerprint density at radius 3 is 2.24 bits per heavy atom. The van der Waals surface area contributed by atoms with Crippen LogP contribution in [0.5, 0.6) is 0 Å². The van der Waals surface area contributed by atoms with Crippen LogP contribution >= 0.6 is 0 Å². The summed E-state index contributed by atoms with van der Waals surface area (Å²) in [6.07, 6.45) is -1.82. The van der Waals surface area contributed by atoms with Crippen LogP contribution in [-0.2, 0) is 32.3 Å². The molecule has 3 N–H and O–H groups in total. The molecule has 0 bridgehead atoms. The highest BCUT2D eigenvalue weighted by Crippen LogP contribution is 2.43. The summed E-state index contributed by atoms with van der Waals surface area (Å²) in [5.41, 5.74) is 2.18. The summed E-state index contributed by atoms with van der Waals surface area (Å²) in [5, 5.41) is 19.1. The molecule has 4 atom stereocenters. The SMILES string of the molecule is C[C@H](N(Cc1ccc(F)cc1)C(=O)CN(CO)C(=O)N[C@H]1C[C@@H](F)c2cc(-c3cnn(CC(=O)N4CCC(CN5CCN(c6cc7c(cc6F)C(=O)N(C6CCC(=O)NC6=O)C7=O)CC5)CC4)c3)ccc21)C(F)(F)F. The summed E-state index contributed by atoms with van der Waals surface area (Å²) in [6.45, 7) is 2.25. The Morgan fingerprint density at radius 1 is 0.880 bits per heavy atom. The molecule has 5 aliphatic rings. The summed E-state index contributed by atoms with van der Waals surface area (Å²) in [5.74, 6) is -4.93. The number of benzene rings is 3. The molecule has 0 saturated carbocycles. The Balaban J connectivity index is 0.734. The van der Waals surface area contributed by atoms with Crippen LogP contribution in [0.3, 0.4) is 0 Å². The highest BCUT2D eigenvalue weighted by molar-refractivity contribution is 6.23. The summed E-state index contributed by atoms with van der Waals surface area (Å²) in [4.78, 5) is 98.4. The van der Waals surface area contributed by atoms with Crippen LogP contribution in [0, 0.1) is 17.6 Å². The van der Waals surface area contributed by atoms with Gasteiger partial charge in [0.05, 0.1) is 29.1 Å². The molecule has 5 heterocycles. The summed E-state index contributed by atoms with van der Waals surface area (Å²) < 4.78 is 87.5. The van der Waals surface area contributed by atoms with Gasteiger partial charge in [0.1, 0.15) is 49.7 Å². The molecular formula is C51H54F6N10O8. The maximum atomic E-state index is 15.6. The van der Waals surface area contributed by atoms with Crippen molar-refractivity contribution in [2.45, 2.75) is 82.6 Å². The van der Waals surface area contributed by atoms with E-state index in [0.29, 0.717) is 71.7 Å². The van der Waals surface area contributed by atoms with Gasteiger partial charge in [-0.3, -0.25) is 53.5 Å². The number of alkyl halides is 4. The molecule has 24 heteroatoms. The average molecular weight is 1050 g/mol. The number of imide groups is 2. The van der Waals surface area contributed by atoms with Gasteiger partial charge in [-0.2, -0.15) is 18.3 Å². The number of amides is 8. The molecule has 4 aliphatic heterocycles. The second-order valence-electron chi connectivity index (χ2n) is 19.6. The van der Waals surface area contributed by atoms with E-state index < -0.39 is 97.5 Å². The van der Waals surface area contributed by atoms with E-state index >= 15 is 8.78 Å². The van der Waals surface area contributed by atoms with Crippen molar-refractivity contribution in [1.82, 2.24) is 44.9 Å². The van der Waals surface area contributed by atoms with Crippen LogP contribution < -0.4 is 15.5 Å². The smallest absolute Gasteiger partial charge is 0.376 e. The number of piperazine rings is 1. The zero-order valence-electron chi connectivity index (χ0n) is 40.7. The number of halogens is 6. The molecule has 3 fully saturated rings. The lowest BCUT2D eigenvalue weighted by Gasteiger charge is -2.39. The normalized spacial score (nSPS) is 20.7. The van der Waals surface area contributed by atoms with Gasteiger partial charge in [0.2, 0.25) is 23.6 Å². The number of aliphatic hydroxyl groups excluding tert-OH is 1. The van der Waals surface area contributed by atoms with Crippen molar-refractivity contribution in [2.75, 3.05) is 64.0 Å². The molecule has 18 nitrogen and oxygen atoms in total. The second-order valence-corrected chi connectivity index (χ2v) is 19.6. The minimum absolute atomic E-state index is 0.00413.